The molecule has 1 aromatic carbocycles. The second-order valence-corrected chi connectivity index (χ2v) is 11.0. The zero-order chi connectivity index (χ0) is 28.2. The zero-order valence-electron chi connectivity index (χ0n) is 22.3. The van der Waals surface area contributed by atoms with Gasteiger partial charge in [0.15, 0.2) is 11.6 Å². The molecule has 0 saturated carbocycles. The number of hydrogen-bond acceptors (Lipinski definition) is 8. The molecule has 14 heteroatoms. The Morgan fingerprint density at radius 2 is 1.76 bits per heavy atom. The molecule has 1 saturated heterocycles. The molecule has 0 bridgehead atoms. The molecule has 0 unspecified atom stereocenters. The minimum Gasteiger partial charge on any atom is -0.354 e. The van der Waals surface area contributed by atoms with E-state index in [2.05, 4.69) is 58.7 Å². The largest absolute Gasteiger partial charge is 0.416 e. The van der Waals surface area contributed by atoms with Crippen molar-refractivity contribution in [3.05, 3.63) is 45.8 Å². The van der Waals surface area contributed by atoms with Crippen LogP contribution in [0, 0.1) is 12.7 Å². The topological polar surface area (TPSA) is 106 Å². The second-order valence-electron chi connectivity index (χ2n) is 11.0. The van der Waals surface area contributed by atoms with Crippen LogP contribution in [0.3, 0.4) is 0 Å². The highest BCUT2D eigenvalue weighted by Gasteiger charge is 2.40. The lowest BCUT2D eigenvalue weighted by atomic mass is 9.79. The van der Waals surface area contributed by atoms with E-state index in [0.29, 0.717) is 0 Å². The molecule has 206 valence electrons. The second kappa shape index (κ2) is 9.33. The third kappa shape index (κ3) is 5.49. The summed E-state index contributed by atoms with van der Waals surface area (Å²) in [5.74, 6) is -0.733. The van der Waals surface area contributed by atoms with Crippen molar-refractivity contribution in [1.82, 2.24) is 35.1 Å². The molecule has 0 atom stereocenters. The van der Waals surface area contributed by atoms with Crippen molar-refractivity contribution < 1.29 is 17.6 Å². The van der Waals surface area contributed by atoms with Crippen LogP contribution >= 0.6 is 0 Å². The Bertz CT molecular complexity index is 1390. The zero-order valence-corrected chi connectivity index (χ0v) is 22.3. The number of alkyl halides is 3. The summed E-state index contributed by atoms with van der Waals surface area (Å²) < 4.78 is 58.2. The first-order valence-electron chi connectivity index (χ1n) is 12.0. The van der Waals surface area contributed by atoms with Crippen LogP contribution in [0.4, 0.5) is 35.0 Å². The summed E-state index contributed by atoms with van der Waals surface area (Å²) >= 11 is 0. The number of nitrogens with zero attached hydrogens (tertiary/aromatic N) is 7. The van der Waals surface area contributed by atoms with Gasteiger partial charge in [-0.25, -0.2) is 14.2 Å². The quantitative estimate of drug-likeness (QED) is 0.475. The van der Waals surface area contributed by atoms with E-state index in [0.717, 1.165) is 34.5 Å². The van der Waals surface area contributed by atoms with Crippen LogP contribution in [0.2, 0.25) is 0 Å². The molecule has 0 spiro atoms. The van der Waals surface area contributed by atoms with Crippen molar-refractivity contribution in [3.8, 4) is 5.69 Å². The Morgan fingerprint density at radius 1 is 1.13 bits per heavy atom. The van der Waals surface area contributed by atoms with E-state index >= 15 is 0 Å². The molecule has 1 aliphatic rings. The van der Waals surface area contributed by atoms with Gasteiger partial charge in [-0.3, -0.25) is 0 Å². The lowest BCUT2D eigenvalue weighted by Gasteiger charge is -2.49. The van der Waals surface area contributed by atoms with E-state index in [1.807, 2.05) is 0 Å². The van der Waals surface area contributed by atoms with Crippen LogP contribution in [0.1, 0.15) is 51.7 Å². The van der Waals surface area contributed by atoms with Crippen molar-refractivity contribution >= 4 is 17.5 Å². The molecule has 1 aliphatic heterocycles. The molecular weight excluding hydrogens is 506 g/mol. The van der Waals surface area contributed by atoms with Crippen LogP contribution in [-0.4, -0.2) is 53.9 Å². The molecule has 4 rings (SSSR count). The maximum absolute atomic E-state index is 14.9. The molecular formula is C24H31F4N9O. The van der Waals surface area contributed by atoms with Gasteiger partial charge in [0.25, 0.3) is 0 Å². The third-order valence-electron chi connectivity index (χ3n) is 6.67. The Balaban J connectivity index is 1.72. The Morgan fingerprint density at radius 3 is 2.32 bits per heavy atom. The Hall–Kier alpha value is -3.55. The van der Waals surface area contributed by atoms with Crippen molar-refractivity contribution in [1.29, 1.82) is 0 Å². The fourth-order valence-electron chi connectivity index (χ4n) is 5.26. The number of aromatic nitrogens is 6. The number of rotatable bonds is 5. The minimum atomic E-state index is -4.72. The fourth-order valence-corrected chi connectivity index (χ4v) is 5.26. The van der Waals surface area contributed by atoms with Crippen LogP contribution in [0.5, 0.6) is 0 Å². The third-order valence-corrected chi connectivity index (χ3v) is 6.67. The minimum absolute atomic E-state index is 0.0227. The lowest BCUT2D eigenvalue weighted by Crippen LogP contribution is -2.62. The number of nitrogens with one attached hydrogen (secondary N) is 2. The molecule has 2 aromatic heterocycles. The van der Waals surface area contributed by atoms with Crippen LogP contribution in [0.15, 0.2) is 23.1 Å². The average Bonchev–Trinajstić information content (AvgIpc) is 3.11. The monoisotopic (exact) mass is 537 g/mol. The summed E-state index contributed by atoms with van der Waals surface area (Å²) in [6.45, 7) is 9.55. The van der Waals surface area contributed by atoms with Gasteiger partial charge in [-0.2, -0.15) is 27.5 Å². The van der Waals surface area contributed by atoms with Gasteiger partial charge in [0.05, 0.1) is 17.4 Å². The number of piperidine rings is 1. The molecule has 0 aliphatic carbocycles. The predicted octanol–water partition coefficient (Wildman–Crippen LogP) is 3.71. The number of anilines is 3. The van der Waals surface area contributed by atoms with E-state index in [-0.39, 0.29) is 45.8 Å². The van der Waals surface area contributed by atoms with E-state index < -0.39 is 23.2 Å². The lowest BCUT2D eigenvalue weighted by molar-refractivity contribution is -0.138. The standard InChI is InChI=1S/C24H31F4N9O/c1-13-16(24(26,27)28)8-14(9-18(13)37-21(38)36(7)33-34-37)30-20-29-12-17(25)19(31-20)35(6)15-10-22(2,3)32-23(4,5)11-15/h8-9,12,15,32H,10-11H2,1-7H3,(H,29,30,31). The molecule has 3 heterocycles. The highest BCUT2D eigenvalue weighted by atomic mass is 19.4. The SMILES string of the molecule is Cc1c(-n2nnn(C)c2=O)cc(Nc2ncc(F)c(N(C)C3CC(C)(C)NC(C)(C)C3)n2)cc1C(F)(F)F. The maximum atomic E-state index is 14.9. The van der Waals surface area contributed by atoms with Crippen LogP contribution < -0.4 is 21.2 Å². The van der Waals surface area contributed by atoms with E-state index in [1.54, 1.807) is 11.9 Å². The van der Waals surface area contributed by atoms with E-state index in [4.69, 9.17) is 0 Å². The smallest absolute Gasteiger partial charge is 0.354 e. The molecule has 3 aromatic rings. The number of benzene rings is 1. The summed E-state index contributed by atoms with van der Waals surface area (Å²) in [4.78, 5) is 22.4. The van der Waals surface area contributed by atoms with E-state index in [9.17, 15) is 22.4 Å². The van der Waals surface area contributed by atoms with Gasteiger partial charge in [0, 0.05) is 36.9 Å². The first-order chi connectivity index (χ1) is 17.5. The molecule has 1 fully saturated rings. The van der Waals surface area contributed by atoms with Gasteiger partial charge in [-0.15, -0.1) is 0 Å². The summed E-state index contributed by atoms with van der Waals surface area (Å²) in [5.41, 5.74) is -2.46. The molecule has 10 nitrogen and oxygen atoms in total. The highest BCUT2D eigenvalue weighted by Crippen LogP contribution is 2.37. The van der Waals surface area contributed by atoms with Crippen molar-refractivity contribution in [2.24, 2.45) is 7.05 Å². The van der Waals surface area contributed by atoms with Crippen molar-refractivity contribution in [2.75, 3.05) is 17.3 Å². The number of halogens is 4. The van der Waals surface area contributed by atoms with E-state index in [1.165, 1.54) is 20.0 Å². The molecule has 0 radical (unpaired) electrons. The van der Waals surface area contributed by atoms with Gasteiger partial charge in [0.1, 0.15) is 0 Å². The van der Waals surface area contributed by atoms with Gasteiger partial charge in [-0.05, 0) is 75.6 Å². The summed E-state index contributed by atoms with van der Waals surface area (Å²) in [6, 6.07) is 2.15. The number of aryl methyl sites for hydroxylation is 1. The highest BCUT2D eigenvalue weighted by molar-refractivity contribution is 5.63. The van der Waals surface area contributed by atoms with Crippen molar-refractivity contribution in [3.63, 3.8) is 0 Å². The fraction of sp³-hybridized carbons (Fsp3) is 0.542. The van der Waals surface area contributed by atoms with Crippen molar-refractivity contribution in [2.45, 2.75) is 70.8 Å². The number of tetrazole rings is 1. The summed E-state index contributed by atoms with van der Waals surface area (Å²) in [5, 5.41) is 13.6. The van der Waals surface area contributed by atoms with Crippen LogP contribution in [0.25, 0.3) is 5.69 Å². The maximum Gasteiger partial charge on any atom is 0.416 e. The van der Waals surface area contributed by atoms with Gasteiger partial charge in [-0.1, -0.05) is 0 Å². The molecule has 2 N–H and O–H groups in total. The first kappa shape index (κ1) is 27.5. The Labute approximate surface area is 217 Å². The molecule has 0 amide bonds. The number of hydrogen-bond donors (Lipinski definition) is 2. The normalized spacial score (nSPS) is 17.4. The first-order valence-corrected chi connectivity index (χ1v) is 12.0. The van der Waals surface area contributed by atoms with Gasteiger partial charge >= 0.3 is 11.9 Å². The van der Waals surface area contributed by atoms with Crippen LogP contribution in [-0.2, 0) is 13.2 Å². The summed E-state index contributed by atoms with van der Waals surface area (Å²) in [6.07, 6.45) is -2.29. The predicted molar refractivity (Wildman–Crippen MR) is 134 cm³/mol. The van der Waals surface area contributed by atoms with Gasteiger partial charge in [0.2, 0.25) is 5.95 Å². The summed E-state index contributed by atoms with van der Waals surface area (Å²) in [7, 11) is 3.08. The average molecular weight is 538 g/mol. The molecule has 38 heavy (non-hydrogen) atoms. The van der Waals surface area contributed by atoms with Gasteiger partial charge < -0.3 is 15.5 Å². The Kier molecular flexibility index (Phi) is 6.75.